The minimum Gasteiger partial charge on any atom is -0.351 e. The molecule has 0 spiro atoms. The van der Waals surface area contributed by atoms with Gasteiger partial charge in [0.05, 0.1) is 6.20 Å². The molecule has 0 radical (unpaired) electrons. The Morgan fingerprint density at radius 1 is 1.80 bits per heavy atom. The largest absolute Gasteiger partial charge is 0.351 e. The van der Waals surface area contributed by atoms with Crippen LogP contribution in [0, 0.1) is 12.8 Å². The van der Waals surface area contributed by atoms with Gasteiger partial charge in [0.25, 0.3) is 5.91 Å². The lowest BCUT2D eigenvalue weighted by Crippen LogP contribution is -2.30. The normalized spacial score (nSPS) is 20.9. The minimum atomic E-state index is -0.0686. The van der Waals surface area contributed by atoms with Crippen LogP contribution < -0.4 is 5.73 Å². The molecule has 1 amide bonds. The minimum absolute atomic E-state index is 0.0686. The summed E-state index contributed by atoms with van der Waals surface area (Å²) in [5.41, 5.74) is 6.36. The summed E-state index contributed by atoms with van der Waals surface area (Å²) in [4.78, 5) is 13.7. The fourth-order valence-corrected chi connectivity index (χ4v) is 1.85. The maximum atomic E-state index is 11.9. The lowest BCUT2D eigenvalue weighted by Gasteiger charge is -2.14. The highest BCUT2D eigenvalue weighted by Gasteiger charge is 2.28. The number of aryl methyl sites for hydroxylation is 1. The molecule has 1 aromatic rings. The Hall–Kier alpha value is -1.36. The molecule has 1 aliphatic rings. The molecule has 1 unspecified atom stereocenters. The average Bonchev–Trinajstić information content (AvgIpc) is 2.84. The molecule has 0 bridgehead atoms. The lowest BCUT2D eigenvalue weighted by atomic mass is 10.1. The molecule has 1 atom stereocenters. The number of nitrogens with two attached hydrogens (primary N) is 1. The lowest BCUT2D eigenvalue weighted by molar-refractivity contribution is 0.0745. The van der Waals surface area contributed by atoms with Gasteiger partial charge >= 0.3 is 0 Å². The summed E-state index contributed by atoms with van der Waals surface area (Å²) in [6.45, 7) is 3.95. The van der Waals surface area contributed by atoms with Gasteiger partial charge in [0.1, 0.15) is 0 Å². The number of aromatic nitrogens is 1. The SMILES string of the molecule is Cc1cnoc1C(=O)N1CCC(CN)C1. The molecule has 2 rings (SSSR count). The molecule has 1 aliphatic heterocycles. The number of likely N-dealkylation sites (tertiary alicyclic amines) is 1. The van der Waals surface area contributed by atoms with Crippen LogP contribution in [-0.4, -0.2) is 35.6 Å². The van der Waals surface area contributed by atoms with Crippen molar-refractivity contribution in [2.24, 2.45) is 11.7 Å². The highest BCUT2D eigenvalue weighted by Crippen LogP contribution is 2.18. The number of hydrogen-bond donors (Lipinski definition) is 1. The zero-order valence-electron chi connectivity index (χ0n) is 8.77. The second kappa shape index (κ2) is 4.02. The highest BCUT2D eigenvalue weighted by molar-refractivity contribution is 5.92. The number of carbonyl (C=O) groups is 1. The van der Waals surface area contributed by atoms with Crippen LogP contribution in [0.25, 0.3) is 0 Å². The molecule has 15 heavy (non-hydrogen) atoms. The van der Waals surface area contributed by atoms with E-state index in [2.05, 4.69) is 5.16 Å². The Balaban J connectivity index is 2.07. The summed E-state index contributed by atoms with van der Waals surface area (Å²) in [6.07, 6.45) is 2.54. The second-order valence-corrected chi connectivity index (χ2v) is 3.98. The zero-order valence-corrected chi connectivity index (χ0v) is 8.77. The van der Waals surface area contributed by atoms with E-state index in [1.54, 1.807) is 11.1 Å². The monoisotopic (exact) mass is 209 g/mol. The van der Waals surface area contributed by atoms with Crippen molar-refractivity contribution < 1.29 is 9.32 Å². The van der Waals surface area contributed by atoms with Crippen LogP contribution in [0.15, 0.2) is 10.7 Å². The summed E-state index contributed by atoms with van der Waals surface area (Å²) in [5.74, 6) is 0.714. The number of hydrogen-bond acceptors (Lipinski definition) is 4. The highest BCUT2D eigenvalue weighted by atomic mass is 16.5. The number of amides is 1. The van der Waals surface area contributed by atoms with Gasteiger partial charge in [-0.2, -0.15) is 0 Å². The van der Waals surface area contributed by atoms with Gasteiger partial charge in [-0.3, -0.25) is 4.79 Å². The van der Waals surface area contributed by atoms with Crippen LogP contribution in [0.1, 0.15) is 22.5 Å². The van der Waals surface area contributed by atoms with E-state index < -0.39 is 0 Å². The standard InChI is InChI=1S/C10H15N3O2/c1-7-5-12-15-9(7)10(14)13-3-2-8(4-11)6-13/h5,8H,2-4,6,11H2,1H3. The molecule has 0 saturated carbocycles. The van der Waals surface area contributed by atoms with Crippen molar-refractivity contribution >= 4 is 5.91 Å². The third-order valence-electron chi connectivity index (χ3n) is 2.85. The fourth-order valence-electron chi connectivity index (χ4n) is 1.85. The molecule has 5 heteroatoms. The zero-order chi connectivity index (χ0) is 10.8. The summed E-state index contributed by atoms with van der Waals surface area (Å²) in [6, 6.07) is 0. The molecule has 1 fully saturated rings. The van der Waals surface area contributed by atoms with Crippen molar-refractivity contribution in [3.63, 3.8) is 0 Å². The smallest absolute Gasteiger partial charge is 0.292 e. The van der Waals surface area contributed by atoms with E-state index in [-0.39, 0.29) is 5.91 Å². The number of rotatable bonds is 2. The van der Waals surface area contributed by atoms with Crippen molar-refractivity contribution in [2.75, 3.05) is 19.6 Å². The first-order valence-corrected chi connectivity index (χ1v) is 5.13. The Morgan fingerprint density at radius 2 is 2.60 bits per heavy atom. The first-order chi connectivity index (χ1) is 7.22. The molecule has 0 aromatic carbocycles. The van der Waals surface area contributed by atoms with E-state index in [1.807, 2.05) is 6.92 Å². The Morgan fingerprint density at radius 3 is 3.13 bits per heavy atom. The summed E-state index contributed by atoms with van der Waals surface area (Å²) in [7, 11) is 0. The van der Waals surface area contributed by atoms with Gasteiger partial charge in [-0.25, -0.2) is 0 Å². The predicted octanol–water partition coefficient (Wildman–Crippen LogP) is 0.404. The van der Waals surface area contributed by atoms with Crippen molar-refractivity contribution in [1.29, 1.82) is 0 Å². The number of nitrogens with zero attached hydrogens (tertiary/aromatic N) is 2. The van der Waals surface area contributed by atoms with E-state index in [4.69, 9.17) is 10.3 Å². The van der Waals surface area contributed by atoms with Crippen LogP contribution in [0.3, 0.4) is 0 Å². The molecule has 1 saturated heterocycles. The Kier molecular flexibility index (Phi) is 2.73. The molecule has 1 aromatic heterocycles. The topological polar surface area (TPSA) is 72.4 Å². The van der Waals surface area contributed by atoms with Crippen molar-refractivity contribution in [1.82, 2.24) is 10.1 Å². The van der Waals surface area contributed by atoms with Crippen molar-refractivity contribution in [3.05, 3.63) is 17.5 Å². The first kappa shape index (κ1) is 10.2. The van der Waals surface area contributed by atoms with E-state index in [0.717, 1.165) is 25.1 Å². The number of carbonyl (C=O) groups excluding carboxylic acids is 1. The summed E-state index contributed by atoms with van der Waals surface area (Å²) in [5, 5.41) is 3.61. The maximum Gasteiger partial charge on any atom is 0.292 e. The fraction of sp³-hybridized carbons (Fsp3) is 0.600. The Bertz CT molecular complexity index is 361. The van der Waals surface area contributed by atoms with Gasteiger partial charge in [0.15, 0.2) is 0 Å². The molecular formula is C10H15N3O2. The van der Waals surface area contributed by atoms with E-state index >= 15 is 0 Å². The van der Waals surface area contributed by atoms with E-state index in [9.17, 15) is 4.79 Å². The predicted molar refractivity (Wildman–Crippen MR) is 54.3 cm³/mol. The third-order valence-corrected chi connectivity index (χ3v) is 2.85. The van der Waals surface area contributed by atoms with Gasteiger partial charge in [0.2, 0.25) is 5.76 Å². The quantitative estimate of drug-likeness (QED) is 0.765. The van der Waals surface area contributed by atoms with Gasteiger partial charge in [0, 0.05) is 18.7 Å². The summed E-state index contributed by atoms with van der Waals surface area (Å²) < 4.78 is 4.93. The van der Waals surface area contributed by atoms with Crippen LogP contribution in [0.2, 0.25) is 0 Å². The van der Waals surface area contributed by atoms with Gasteiger partial charge in [-0.15, -0.1) is 0 Å². The van der Waals surface area contributed by atoms with Crippen LogP contribution in [0.5, 0.6) is 0 Å². The third kappa shape index (κ3) is 1.87. The van der Waals surface area contributed by atoms with Crippen molar-refractivity contribution in [2.45, 2.75) is 13.3 Å². The molecule has 2 N–H and O–H groups in total. The second-order valence-electron chi connectivity index (χ2n) is 3.98. The van der Waals surface area contributed by atoms with Gasteiger partial charge in [-0.1, -0.05) is 5.16 Å². The van der Waals surface area contributed by atoms with Crippen molar-refractivity contribution in [3.8, 4) is 0 Å². The Labute approximate surface area is 88.2 Å². The molecule has 2 heterocycles. The van der Waals surface area contributed by atoms with Gasteiger partial charge < -0.3 is 15.2 Å². The average molecular weight is 209 g/mol. The molecular weight excluding hydrogens is 194 g/mol. The first-order valence-electron chi connectivity index (χ1n) is 5.13. The molecule has 5 nitrogen and oxygen atoms in total. The summed E-state index contributed by atoms with van der Waals surface area (Å²) >= 11 is 0. The maximum absolute atomic E-state index is 11.9. The van der Waals surface area contributed by atoms with Crippen LogP contribution >= 0.6 is 0 Å². The van der Waals surface area contributed by atoms with Gasteiger partial charge in [-0.05, 0) is 25.8 Å². The molecule has 82 valence electrons. The van der Waals surface area contributed by atoms with Crippen LogP contribution in [-0.2, 0) is 0 Å². The van der Waals surface area contributed by atoms with E-state index in [0.29, 0.717) is 18.2 Å². The molecule has 0 aliphatic carbocycles. The van der Waals surface area contributed by atoms with E-state index in [1.165, 1.54) is 0 Å². The van der Waals surface area contributed by atoms with Crippen LogP contribution in [0.4, 0.5) is 0 Å².